The van der Waals surface area contributed by atoms with Crippen LogP contribution in [0.1, 0.15) is 278 Å². The summed E-state index contributed by atoms with van der Waals surface area (Å²) in [5.74, 6) is -0.861. The number of hydrogen-bond acceptors (Lipinski definition) is 6. The first-order valence-electron chi connectivity index (χ1n) is 24.5. The lowest BCUT2D eigenvalue weighted by molar-refractivity contribution is -0.167. The van der Waals surface area contributed by atoms with E-state index < -0.39 is 6.10 Å². The SMILES string of the molecule is CCCCCCCCCCCCCCCCCCCCC(=O)O[C@@H](COC(=O)CCCCCCC)COC(=O)CCCCCCCCCCCCCCCC. The monoisotopic (exact) mass is 779 g/mol. The standard InChI is InChI=1S/C49H94O6/c1-4-7-10-13-15-17-19-21-23-24-25-26-28-30-32-34-37-40-43-49(52)55-46(44-53-47(50)41-38-35-12-9-6-3)45-54-48(51)42-39-36-33-31-29-27-22-20-18-16-14-11-8-5-2/h46H,4-45H2,1-3H3/t46-/m0/s1. The van der Waals surface area contributed by atoms with E-state index in [-0.39, 0.29) is 31.1 Å². The van der Waals surface area contributed by atoms with E-state index in [0.29, 0.717) is 19.3 Å². The van der Waals surface area contributed by atoms with Gasteiger partial charge in [-0.3, -0.25) is 14.4 Å². The minimum Gasteiger partial charge on any atom is -0.462 e. The zero-order chi connectivity index (χ0) is 40.1. The van der Waals surface area contributed by atoms with Crippen molar-refractivity contribution in [1.82, 2.24) is 0 Å². The molecular formula is C49H94O6. The highest BCUT2D eigenvalue weighted by molar-refractivity contribution is 5.71. The number of ether oxygens (including phenoxy) is 3. The summed E-state index contributed by atoms with van der Waals surface area (Å²) < 4.78 is 16.7. The highest BCUT2D eigenvalue weighted by Gasteiger charge is 2.19. The highest BCUT2D eigenvalue weighted by Crippen LogP contribution is 2.16. The Morgan fingerprint density at radius 2 is 0.491 bits per heavy atom. The molecule has 0 saturated carbocycles. The second-order valence-corrected chi connectivity index (χ2v) is 16.7. The molecule has 0 rings (SSSR count). The Hall–Kier alpha value is -1.59. The van der Waals surface area contributed by atoms with E-state index in [2.05, 4.69) is 20.8 Å². The fourth-order valence-corrected chi connectivity index (χ4v) is 7.38. The Balaban J connectivity index is 4.12. The van der Waals surface area contributed by atoms with Crippen molar-refractivity contribution in [1.29, 1.82) is 0 Å². The molecule has 0 aliphatic carbocycles. The van der Waals surface area contributed by atoms with Gasteiger partial charge < -0.3 is 14.2 Å². The Bertz CT molecular complexity index is 813. The predicted octanol–water partition coefficient (Wildman–Crippen LogP) is 15.6. The van der Waals surface area contributed by atoms with Crippen molar-refractivity contribution in [3.05, 3.63) is 0 Å². The molecule has 6 heteroatoms. The first-order valence-corrected chi connectivity index (χ1v) is 24.5. The summed E-state index contributed by atoms with van der Waals surface area (Å²) in [6, 6.07) is 0. The molecule has 0 aliphatic heterocycles. The van der Waals surface area contributed by atoms with Gasteiger partial charge in [0.25, 0.3) is 0 Å². The normalized spacial score (nSPS) is 11.8. The third-order valence-electron chi connectivity index (χ3n) is 11.1. The van der Waals surface area contributed by atoms with Crippen LogP contribution in [0, 0.1) is 0 Å². The maximum absolute atomic E-state index is 12.7. The zero-order valence-electron chi connectivity index (χ0n) is 37.2. The van der Waals surface area contributed by atoms with Crippen molar-refractivity contribution in [2.75, 3.05) is 13.2 Å². The topological polar surface area (TPSA) is 78.9 Å². The van der Waals surface area contributed by atoms with E-state index in [1.807, 2.05) is 0 Å². The molecule has 0 saturated heterocycles. The lowest BCUT2D eigenvalue weighted by Gasteiger charge is -2.18. The number of esters is 3. The molecule has 326 valence electrons. The number of carbonyl (C=O) groups is 3. The van der Waals surface area contributed by atoms with E-state index in [0.717, 1.165) is 64.2 Å². The fraction of sp³-hybridized carbons (Fsp3) is 0.939. The molecular weight excluding hydrogens is 685 g/mol. The lowest BCUT2D eigenvalue weighted by Crippen LogP contribution is -2.30. The summed E-state index contributed by atoms with van der Waals surface area (Å²) in [7, 11) is 0. The van der Waals surface area contributed by atoms with Crippen molar-refractivity contribution >= 4 is 17.9 Å². The van der Waals surface area contributed by atoms with Crippen LogP contribution in [0.2, 0.25) is 0 Å². The minimum absolute atomic E-state index is 0.0634. The predicted molar refractivity (Wildman–Crippen MR) is 233 cm³/mol. The van der Waals surface area contributed by atoms with Gasteiger partial charge in [-0.25, -0.2) is 0 Å². The van der Waals surface area contributed by atoms with Gasteiger partial charge in [-0.05, 0) is 19.3 Å². The molecule has 0 bridgehead atoms. The van der Waals surface area contributed by atoms with Crippen LogP contribution in [0.4, 0.5) is 0 Å². The second kappa shape index (κ2) is 45.1. The maximum atomic E-state index is 12.7. The van der Waals surface area contributed by atoms with Gasteiger partial charge in [0, 0.05) is 19.3 Å². The summed E-state index contributed by atoms with van der Waals surface area (Å²) in [4.78, 5) is 37.6. The quantitative estimate of drug-likeness (QED) is 0.0348. The molecule has 6 nitrogen and oxygen atoms in total. The highest BCUT2D eigenvalue weighted by atomic mass is 16.6. The summed E-state index contributed by atoms with van der Waals surface area (Å²) in [5.41, 5.74) is 0. The minimum atomic E-state index is -0.757. The van der Waals surface area contributed by atoms with Gasteiger partial charge in [0.15, 0.2) is 6.10 Å². The number of carbonyl (C=O) groups excluding carboxylic acids is 3. The van der Waals surface area contributed by atoms with Crippen molar-refractivity contribution in [2.45, 2.75) is 284 Å². The molecule has 0 radical (unpaired) electrons. The molecule has 1 atom stereocenters. The number of hydrogen-bond donors (Lipinski definition) is 0. The maximum Gasteiger partial charge on any atom is 0.306 e. The molecule has 0 fully saturated rings. The van der Waals surface area contributed by atoms with Crippen molar-refractivity contribution in [3.63, 3.8) is 0 Å². The van der Waals surface area contributed by atoms with Gasteiger partial charge in [0.1, 0.15) is 13.2 Å². The summed E-state index contributed by atoms with van der Waals surface area (Å²) in [6.07, 6.45) is 46.9. The van der Waals surface area contributed by atoms with Crippen LogP contribution in [0.15, 0.2) is 0 Å². The van der Waals surface area contributed by atoms with E-state index in [1.165, 1.54) is 173 Å². The summed E-state index contributed by atoms with van der Waals surface area (Å²) in [6.45, 7) is 6.59. The van der Waals surface area contributed by atoms with Crippen molar-refractivity contribution in [3.8, 4) is 0 Å². The summed E-state index contributed by atoms with van der Waals surface area (Å²) >= 11 is 0. The number of rotatable bonds is 45. The van der Waals surface area contributed by atoms with Crippen LogP contribution in [-0.4, -0.2) is 37.2 Å². The fourth-order valence-electron chi connectivity index (χ4n) is 7.38. The molecule has 0 aromatic rings. The Morgan fingerprint density at radius 1 is 0.291 bits per heavy atom. The largest absolute Gasteiger partial charge is 0.462 e. The van der Waals surface area contributed by atoms with Gasteiger partial charge in [-0.2, -0.15) is 0 Å². The number of unbranched alkanes of at least 4 members (excludes halogenated alkanes) is 34. The van der Waals surface area contributed by atoms with Crippen LogP contribution in [0.3, 0.4) is 0 Å². The Morgan fingerprint density at radius 3 is 0.727 bits per heavy atom. The lowest BCUT2D eigenvalue weighted by atomic mass is 10.0. The van der Waals surface area contributed by atoms with Gasteiger partial charge in [0.2, 0.25) is 0 Å². The van der Waals surface area contributed by atoms with Crippen molar-refractivity contribution < 1.29 is 28.6 Å². The van der Waals surface area contributed by atoms with E-state index in [4.69, 9.17) is 14.2 Å². The molecule has 0 heterocycles. The molecule has 0 unspecified atom stereocenters. The van der Waals surface area contributed by atoms with Gasteiger partial charge in [-0.15, -0.1) is 0 Å². The van der Waals surface area contributed by atoms with Gasteiger partial charge >= 0.3 is 17.9 Å². The van der Waals surface area contributed by atoms with E-state index in [9.17, 15) is 14.4 Å². The van der Waals surface area contributed by atoms with E-state index >= 15 is 0 Å². The Kier molecular flexibility index (Phi) is 43.8. The van der Waals surface area contributed by atoms with Crippen LogP contribution in [0.5, 0.6) is 0 Å². The molecule has 0 aliphatic rings. The zero-order valence-corrected chi connectivity index (χ0v) is 37.2. The van der Waals surface area contributed by atoms with Gasteiger partial charge in [-0.1, -0.05) is 239 Å². The second-order valence-electron chi connectivity index (χ2n) is 16.7. The van der Waals surface area contributed by atoms with Gasteiger partial charge in [0.05, 0.1) is 0 Å². The molecule has 0 spiro atoms. The van der Waals surface area contributed by atoms with Crippen LogP contribution < -0.4 is 0 Å². The average Bonchev–Trinajstić information content (AvgIpc) is 3.18. The smallest absolute Gasteiger partial charge is 0.306 e. The van der Waals surface area contributed by atoms with Crippen LogP contribution in [0.25, 0.3) is 0 Å². The van der Waals surface area contributed by atoms with Crippen LogP contribution >= 0.6 is 0 Å². The Labute approximate surface area is 342 Å². The van der Waals surface area contributed by atoms with Crippen molar-refractivity contribution in [2.24, 2.45) is 0 Å². The third kappa shape index (κ3) is 43.4. The first-order chi connectivity index (χ1) is 27.0. The molecule has 0 N–H and O–H groups in total. The first kappa shape index (κ1) is 53.4. The molecule has 55 heavy (non-hydrogen) atoms. The molecule has 0 amide bonds. The molecule has 0 aromatic carbocycles. The third-order valence-corrected chi connectivity index (χ3v) is 11.1. The molecule has 0 aromatic heterocycles. The van der Waals surface area contributed by atoms with E-state index in [1.54, 1.807) is 0 Å². The summed E-state index contributed by atoms with van der Waals surface area (Å²) in [5, 5.41) is 0. The average molecular weight is 779 g/mol. The van der Waals surface area contributed by atoms with Crippen LogP contribution in [-0.2, 0) is 28.6 Å².